The van der Waals surface area contributed by atoms with E-state index in [1.165, 1.54) is 18.5 Å². The fraction of sp³-hybridized carbons (Fsp3) is 0.292. The van der Waals surface area contributed by atoms with Crippen molar-refractivity contribution in [2.45, 2.75) is 36.5 Å². The van der Waals surface area contributed by atoms with Gasteiger partial charge in [-0.15, -0.1) is 0 Å². The summed E-state index contributed by atoms with van der Waals surface area (Å²) in [6.07, 6.45) is 6.94. The van der Waals surface area contributed by atoms with Gasteiger partial charge in [-0.05, 0) is 42.0 Å². The molecular formula is C24H27BN4O5S. The number of sulfonamides is 1. The second kappa shape index (κ2) is 11.0. The molecule has 3 aromatic rings. The minimum atomic E-state index is -4.06. The molecule has 1 aliphatic rings. The average molecular weight is 494 g/mol. The van der Waals surface area contributed by atoms with Crippen molar-refractivity contribution in [3.63, 3.8) is 0 Å². The number of aromatic nitrogens is 2. The highest BCUT2D eigenvalue weighted by atomic mass is 32.2. The van der Waals surface area contributed by atoms with Gasteiger partial charge in [0.05, 0.1) is 35.0 Å². The number of hydrogen-bond acceptors (Lipinski definition) is 6. The first-order valence-corrected chi connectivity index (χ1v) is 12.9. The van der Waals surface area contributed by atoms with Gasteiger partial charge in [-0.2, -0.15) is 12.8 Å². The molecule has 1 aromatic heterocycles. The highest BCUT2D eigenvalue weighted by Gasteiger charge is 2.34. The van der Waals surface area contributed by atoms with Crippen LogP contribution in [0, 0.1) is 11.8 Å². The van der Waals surface area contributed by atoms with Crippen LogP contribution in [0.1, 0.15) is 24.8 Å². The molecule has 2 aromatic carbocycles. The Bertz CT molecular complexity index is 1240. The smallest absolute Gasteiger partial charge is 0.426 e. The van der Waals surface area contributed by atoms with Crippen molar-refractivity contribution in [2.75, 3.05) is 0 Å². The third-order valence-corrected chi connectivity index (χ3v) is 7.22. The number of amides is 1. The zero-order valence-corrected chi connectivity index (χ0v) is 19.8. The minimum Gasteiger partial charge on any atom is -0.426 e. The Balaban J connectivity index is 1.52. The lowest BCUT2D eigenvalue weighted by molar-refractivity contribution is -0.123. The van der Waals surface area contributed by atoms with Gasteiger partial charge in [-0.1, -0.05) is 55.3 Å². The van der Waals surface area contributed by atoms with Crippen LogP contribution in [0.4, 0.5) is 0 Å². The zero-order valence-electron chi connectivity index (χ0n) is 19.0. The Hall–Kier alpha value is -3.28. The summed E-state index contributed by atoms with van der Waals surface area (Å²) in [6.45, 7) is 0. The molecule has 1 heterocycles. The van der Waals surface area contributed by atoms with Crippen molar-refractivity contribution in [1.82, 2.24) is 15.3 Å². The van der Waals surface area contributed by atoms with Gasteiger partial charge in [0.2, 0.25) is 5.91 Å². The van der Waals surface area contributed by atoms with E-state index in [0.717, 1.165) is 35.9 Å². The summed E-state index contributed by atoms with van der Waals surface area (Å²) in [7, 11) is -5.76. The molecule has 9 nitrogen and oxygen atoms in total. The molecule has 35 heavy (non-hydrogen) atoms. The lowest BCUT2D eigenvalue weighted by atomic mass is 9.76. The Labute approximate surface area is 204 Å². The number of nitrogens with one attached hydrogen (secondary N) is 2. The van der Waals surface area contributed by atoms with Gasteiger partial charge in [-0.3, -0.25) is 4.79 Å². The van der Waals surface area contributed by atoms with Crippen LogP contribution < -0.4 is 5.32 Å². The Morgan fingerprint density at radius 1 is 1.17 bits per heavy atom. The minimum absolute atomic E-state index is 0.00623. The van der Waals surface area contributed by atoms with Crippen LogP contribution in [0.3, 0.4) is 0 Å². The van der Waals surface area contributed by atoms with Crippen molar-refractivity contribution < 1.29 is 23.3 Å². The quantitative estimate of drug-likeness (QED) is 0.237. The van der Waals surface area contributed by atoms with Crippen LogP contribution in [0.5, 0.6) is 0 Å². The van der Waals surface area contributed by atoms with E-state index in [4.69, 9.17) is 0 Å². The summed E-state index contributed by atoms with van der Waals surface area (Å²) >= 11 is 0. The number of rotatable bonds is 11. The number of nitrogens with zero attached hydrogens (tertiary/aromatic N) is 2. The Kier molecular flexibility index (Phi) is 7.79. The fourth-order valence-corrected chi connectivity index (χ4v) is 4.68. The van der Waals surface area contributed by atoms with E-state index in [-0.39, 0.29) is 11.3 Å². The van der Waals surface area contributed by atoms with Crippen molar-refractivity contribution in [1.29, 1.82) is 0 Å². The third kappa shape index (κ3) is 6.88. The highest BCUT2D eigenvalue weighted by Crippen LogP contribution is 2.33. The van der Waals surface area contributed by atoms with E-state index in [0.29, 0.717) is 12.3 Å². The summed E-state index contributed by atoms with van der Waals surface area (Å²) in [5, 5.41) is 22.1. The van der Waals surface area contributed by atoms with Gasteiger partial charge in [0.25, 0.3) is 10.0 Å². The van der Waals surface area contributed by atoms with E-state index >= 15 is 0 Å². The number of imidazole rings is 1. The summed E-state index contributed by atoms with van der Waals surface area (Å²) in [5.41, 5.74) is 2.35. The van der Waals surface area contributed by atoms with Gasteiger partial charge in [0.15, 0.2) is 0 Å². The van der Waals surface area contributed by atoms with Crippen molar-refractivity contribution in [3.8, 4) is 11.3 Å². The first kappa shape index (κ1) is 24.8. The van der Waals surface area contributed by atoms with Gasteiger partial charge >= 0.3 is 7.12 Å². The van der Waals surface area contributed by atoms with E-state index in [1.54, 1.807) is 18.3 Å². The first-order valence-electron chi connectivity index (χ1n) is 11.4. The molecule has 1 aliphatic carbocycles. The predicted octanol–water partition coefficient (Wildman–Crippen LogP) is 1.99. The van der Waals surface area contributed by atoms with E-state index < -0.39 is 34.9 Å². The fourth-order valence-electron chi connectivity index (χ4n) is 3.77. The van der Waals surface area contributed by atoms with Crippen LogP contribution in [-0.4, -0.2) is 53.6 Å². The number of benzene rings is 2. The summed E-state index contributed by atoms with van der Waals surface area (Å²) in [5.74, 6) is -1.90. The monoisotopic (exact) mass is 494 g/mol. The van der Waals surface area contributed by atoms with Gasteiger partial charge in [0.1, 0.15) is 0 Å². The summed E-state index contributed by atoms with van der Waals surface area (Å²) < 4.78 is 29.5. The third-order valence-electron chi connectivity index (χ3n) is 5.95. The lowest BCUT2D eigenvalue weighted by Crippen LogP contribution is -2.49. The lowest BCUT2D eigenvalue weighted by Gasteiger charge is -2.20. The second-order valence-electron chi connectivity index (χ2n) is 8.72. The second-order valence-corrected chi connectivity index (χ2v) is 10.4. The van der Waals surface area contributed by atoms with Crippen LogP contribution in [0.2, 0.25) is 0 Å². The Morgan fingerprint density at radius 2 is 1.89 bits per heavy atom. The number of H-pyrrole nitrogens is 1. The predicted molar refractivity (Wildman–Crippen MR) is 133 cm³/mol. The van der Waals surface area contributed by atoms with Crippen LogP contribution in [0.25, 0.3) is 11.3 Å². The van der Waals surface area contributed by atoms with E-state index in [9.17, 15) is 23.3 Å². The molecule has 0 bridgehead atoms. The molecule has 1 saturated carbocycles. The number of hydrogen-bond donors (Lipinski definition) is 4. The topological polar surface area (TPSA) is 145 Å². The molecule has 0 aliphatic heterocycles. The van der Waals surface area contributed by atoms with Crippen LogP contribution in [0.15, 0.2) is 76.4 Å². The highest BCUT2D eigenvalue weighted by molar-refractivity contribution is 7.90. The number of aromatic amines is 1. The largest absolute Gasteiger partial charge is 0.475 e. The molecular weight excluding hydrogens is 467 g/mol. The number of carbonyl (C=O) groups excluding carboxylic acids is 1. The molecule has 2 atom stereocenters. The zero-order chi connectivity index (χ0) is 24.8. The van der Waals surface area contributed by atoms with Crippen LogP contribution in [-0.2, 0) is 21.2 Å². The molecule has 1 unspecified atom stereocenters. The van der Waals surface area contributed by atoms with Gasteiger partial charge in [-0.25, -0.2) is 4.98 Å². The molecule has 1 amide bonds. The number of carbonyl (C=O) groups is 1. The van der Waals surface area contributed by atoms with Crippen LogP contribution >= 0.6 is 0 Å². The first-order chi connectivity index (χ1) is 16.8. The average Bonchev–Trinajstić information content (AvgIpc) is 3.50. The molecule has 0 radical (unpaired) electrons. The standard InChI is InChI=1S/C24H27BN4O5S/c30-24(29-23(25(31)32)13-18-6-7-18)20(12-17-4-2-1-3-5-17)14-28-35(33,34)21-10-8-19(9-11-21)22-15-26-16-27-22/h1-5,8-11,14-16,18,20,23,31-32H,6-7,12-13H2,(H,26,27)(H,29,30)/t20?,23-/m0/s1. The SMILES string of the molecule is O=C(N[C@@H](CC1CC1)B(O)O)C(C=NS(=O)(=O)c1ccc(-c2cnc[nH]2)cc1)Cc1ccccc1. The van der Waals surface area contributed by atoms with E-state index in [1.807, 2.05) is 30.3 Å². The van der Waals surface area contributed by atoms with Crippen molar-refractivity contribution in [2.24, 2.45) is 16.2 Å². The van der Waals surface area contributed by atoms with Gasteiger partial charge in [0, 0.05) is 6.21 Å². The maximum absolute atomic E-state index is 13.1. The van der Waals surface area contributed by atoms with Crippen molar-refractivity contribution >= 4 is 29.3 Å². The maximum atomic E-state index is 13.1. The van der Waals surface area contributed by atoms with E-state index in [2.05, 4.69) is 19.7 Å². The molecule has 182 valence electrons. The summed E-state index contributed by atoms with van der Waals surface area (Å²) in [6, 6.07) is 15.4. The molecule has 4 N–H and O–H groups in total. The van der Waals surface area contributed by atoms with Gasteiger partial charge < -0.3 is 20.3 Å². The molecule has 0 saturated heterocycles. The Morgan fingerprint density at radius 3 is 2.49 bits per heavy atom. The molecule has 4 rings (SSSR count). The molecule has 1 fully saturated rings. The normalized spacial score (nSPS) is 15.6. The molecule has 11 heteroatoms. The molecule has 0 spiro atoms. The maximum Gasteiger partial charge on any atom is 0.475 e. The summed E-state index contributed by atoms with van der Waals surface area (Å²) in [4.78, 5) is 20.0. The van der Waals surface area contributed by atoms with Crippen molar-refractivity contribution in [3.05, 3.63) is 72.7 Å².